The Hall–Kier alpha value is -1.06. The zero-order valence-corrected chi connectivity index (χ0v) is 11.9. The van der Waals surface area contributed by atoms with Gasteiger partial charge in [-0.05, 0) is 46.5 Å². The fraction of sp³-hybridized carbons (Fsp3) is 0.857. The number of Topliss-reactive ketones (excluding diaryl/α,β-unsaturated/α-hetero) is 1. The van der Waals surface area contributed by atoms with E-state index in [4.69, 9.17) is 4.74 Å². The maximum absolute atomic E-state index is 11.7. The van der Waals surface area contributed by atoms with E-state index in [1.54, 1.807) is 0 Å². The molecule has 0 bridgehead atoms. The number of carbonyl (C=O) groups excluding carboxylic acids is 2. The smallest absolute Gasteiger partial charge is 0.408 e. The Kier molecular flexibility index (Phi) is 5.17. The molecule has 1 aliphatic carbocycles. The van der Waals surface area contributed by atoms with E-state index >= 15 is 0 Å². The number of rotatable bonds is 3. The topological polar surface area (TPSA) is 55.4 Å². The fourth-order valence-electron chi connectivity index (χ4n) is 2.45. The highest BCUT2D eigenvalue weighted by Crippen LogP contribution is 2.27. The quantitative estimate of drug-likeness (QED) is 0.843. The summed E-state index contributed by atoms with van der Waals surface area (Å²) in [5, 5.41) is 2.73. The van der Waals surface area contributed by atoms with Crippen LogP contribution in [0.15, 0.2) is 0 Å². The molecule has 1 aliphatic rings. The summed E-state index contributed by atoms with van der Waals surface area (Å²) in [5.74, 6) is 0.288. The number of ether oxygens (including phenoxy) is 1. The first kappa shape index (κ1) is 15.0. The van der Waals surface area contributed by atoms with Crippen LogP contribution in [0.4, 0.5) is 4.79 Å². The van der Waals surface area contributed by atoms with Gasteiger partial charge in [0.2, 0.25) is 0 Å². The molecule has 4 nitrogen and oxygen atoms in total. The summed E-state index contributed by atoms with van der Waals surface area (Å²) in [5.41, 5.74) is -0.530. The third-order valence-corrected chi connectivity index (χ3v) is 3.23. The Morgan fingerprint density at radius 3 is 2.17 bits per heavy atom. The minimum Gasteiger partial charge on any atom is -0.444 e. The molecule has 18 heavy (non-hydrogen) atoms. The molecule has 0 saturated heterocycles. The van der Waals surface area contributed by atoms with Crippen molar-refractivity contribution >= 4 is 11.9 Å². The number of ketones is 1. The zero-order valence-electron chi connectivity index (χ0n) is 11.9. The Morgan fingerprint density at radius 2 is 1.72 bits per heavy atom. The molecule has 0 aromatic carbocycles. The molecule has 1 fully saturated rings. The van der Waals surface area contributed by atoms with Gasteiger partial charge in [0.05, 0.1) is 6.04 Å². The molecular formula is C14H25NO3. The van der Waals surface area contributed by atoms with Crippen LogP contribution < -0.4 is 5.32 Å². The minimum atomic E-state index is -0.530. The van der Waals surface area contributed by atoms with Gasteiger partial charge in [0.15, 0.2) is 5.78 Å². The van der Waals surface area contributed by atoms with Crippen LogP contribution in [0.25, 0.3) is 0 Å². The zero-order chi connectivity index (χ0) is 13.8. The van der Waals surface area contributed by atoms with Crippen LogP contribution in [0.1, 0.15) is 59.8 Å². The lowest BCUT2D eigenvalue weighted by Crippen LogP contribution is -2.47. The van der Waals surface area contributed by atoms with Crippen LogP contribution in [-0.2, 0) is 9.53 Å². The van der Waals surface area contributed by atoms with Crippen molar-refractivity contribution in [2.75, 3.05) is 0 Å². The molecule has 1 rings (SSSR count). The third kappa shape index (κ3) is 5.07. The summed E-state index contributed by atoms with van der Waals surface area (Å²) < 4.78 is 5.21. The van der Waals surface area contributed by atoms with E-state index in [2.05, 4.69) is 5.32 Å². The van der Waals surface area contributed by atoms with E-state index in [9.17, 15) is 9.59 Å². The molecule has 4 heteroatoms. The monoisotopic (exact) mass is 255 g/mol. The highest BCUT2D eigenvalue weighted by atomic mass is 16.6. The van der Waals surface area contributed by atoms with Gasteiger partial charge in [-0.2, -0.15) is 0 Å². The van der Waals surface area contributed by atoms with Crippen LogP contribution in [0.5, 0.6) is 0 Å². The van der Waals surface area contributed by atoms with Gasteiger partial charge in [0, 0.05) is 0 Å². The number of hydrogen-bond acceptors (Lipinski definition) is 3. The number of amides is 1. The summed E-state index contributed by atoms with van der Waals surface area (Å²) in [7, 11) is 0. The van der Waals surface area contributed by atoms with Gasteiger partial charge < -0.3 is 10.1 Å². The number of nitrogens with one attached hydrogen (secondary N) is 1. The van der Waals surface area contributed by atoms with Crippen molar-refractivity contribution in [2.24, 2.45) is 5.92 Å². The lowest BCUT2D eigenvalue weighted by Gasteiger charge is -2.30. The predicted octanol–water partition coefficient (Wildman–Crippen LogP) is 3.05. The maximum atomic E-state index is 11.7. The average Bonchev–Trinajstić information content (AvgIpc) is 2.24. The molecule has 1 atom stereocenters. The number of alkyl carbamates (subject to hydrolysis) is 1. The summed E-state index contributed by atoms with van der Waals surface area (Å²) in [6.45, 7) is 6.98. The van der Waals surface area contributed by atoms with Crippen LogP contribution in [0.2, 0.25) is 0 Å². The first-order chi connectivity index (χ1) is 8.29. The van der Waals surface area contributed by atoms with E-state index in [1.165, 1.54) is 13.3 Å². The second kappa shape index (κ2) is 6.21. The number of hydrogen-bond donors (Lipinski definition) is 1. The standard InChI is InChI=1S/C14H25NO3/c1-10(16)12(11-8-6-5-7-9-11)15-13(17)18-14(2,3)4/h11-12H,5-9H2,1-4H3,(H,15,17). The van der Waals surface area contributed by atoms with E-state index < -0.39 is 11.7 Å². The molecule has 104 valence electrons. The first-order valence-electron chi connectivity index (χ1n) is 6.79. The Balaban J connectivity index is 2.57. The van der Waals surface area contributed by atoms with E-state index in [0.717, 1.165) is 25.7 Å². The summed E-state index contributed by atoms with van der Waals surface area (Å²) >= 11 is 0. The van der Waals surface area contributed by atoms with Crippen molar-refractivity contribution in [2.45, 2.75) is 71.4 Å². The van der Waals surface area contributed by atoms with Gasteiger partial charge in [-0.1, -0.05) is 19.3 Å². The second-order valence-corrected chi connectivity index (χ2v) is 6.13. The first-order valence-corrected chi connectivity index (χ1v) is 6.79. The lowest BCUT2D eigenvalue weighted by atomic mass is 9.82. The fourth-order valence-corrected chi connectivity index (χ4v) is 2.45. The predicted molar refractivity (Wildman–Crippen MR) is 70.4 cm³/mol. The van der Waals surface area contributed by atoms with Crippen molar-refractivity contribution in [3.63, 3.8) is 0 Å². The second-order valence-electron chi connectivity index (χ2n) is 6.13. The molecule has 0 spiro atoms. The Morgan fingerprint density at radius 1 is 1.17 bits per heavy atom. The van der Waals surface area contributed by atoms with Crippen molar-refractivity contribution in [3.8, 4) is 0 Å². The van der Waals surface area contributed by atoms with Crippen LogP contribution in [0, 0.1) is 5.92 Å². The van der Waals surface area contributed by atoms with Gasteiger partial charge >= 0.3 is 6.09 Å². The van der Waals surface area contributed by atoms with Crippen molar-refractivity contribution in [3.05, 3.63) is 0 Å². The molecular weight excluding hydrogens is 230 g/mol. The Labute approximate surface area is 109 Å². The lowest BCUT2D eigenvalue weighted by molar-refractivity contribution is -0.120. The molecule has 0 heterocycles. The van der Waals surface area contributed by atoms with Gasteiger partial charge in [0.1, 0.15) is 5.60 Å². The summed E-state index contributed by atoms with van der Waals surface area (Å²) in [6, 6.07) is -0.389. The molecule has 1 amide bonds. The number of carbonyl (C=O) groups is 2. The van der Waals surface area contributed by atoms with Gasteiger partial charge in [-0.25, -0.2) is 4.79 Å². The summed E-state index contributed by atoms with van der Waals surface area (Å²) in [4.78, 5) is 23.4. The molecule has 1 unspecified atom stereocenters. The third-order valence-electron chi connectivity index (χ3n) is 3.23. The molecule has 1 N–H and O–H groups in total. The highest BCUT2D eigenvalue weighted by Gasteiger charge is 2.29. The average molecular weight is 255 g/mol. The van der Waals surface area contributed by atoms with Gasteiger partial charge in [0.25, 0.3) is 0 Å². The van der Waals surface area contributed by atoms with Crippen molar-refractivity contribution in [1.82, 2.24) is 5.32 Å². The van der Waals surface area contributed by atoms with Crippen LogP contribution >= 0.6 is 0 Å². The van der Waals surface area contributed by atoms with Gasteiger partial charge in [-0.3, -0.25) is 4.79 Å². The maximum Gasteiger partial charge on any atom is 0.408 e. The summed E-state index contributed by atoms with van der Waals surface area (Å²) in [6.07, 6.45) is 5.05. The largest absolute Gasteiger partial charge is 0.444 e. The van der Waals surface area contributed by atoms with Crippen LogP contribution in [0.3, 0.4) is 0 Å². The molecule has 0 aliphatic heterocycles. The van der Waals surface area contributed by atoms with Crippen molar-refractivity contribution in [1.29, 1.82) is 0 Å². The Bertz CT molecular complexity index is 301. The highest BCUT2D eigenvalue weighted by molar-refractivity contribution is 5.85. The molecule has 0 radical (unpaired) electrons. The molecule has 0 aromatic heterocycles. The van der Waals surface area contributed by atoms with E-state index in [1.807, 2.05) is 20.8 Å². The van der Waals surface area contributed by atoms with E-state index in [-0.39, 0.29) is 17.7 Å². The minimum absolute atomic E-state index is 0.0211. The van der Waals surface area contributed by atoms with Gasteiger partial charge in [-0.15, -0.1) is 0 Å². The normalized spacial score (nSPS) is 19.1. The van der Waals surface area contributed by atoms with E-state index in [0.29, 0.717) is 0 Å². The SMILES string of the molecule is CC(=O)C(NC(=O)OC(C)(C)C)C1CCCCC1. The molecule has 1 saturated carbocycles. The molecule has 0 aromatic rings. The van der Waals surface area contributed by atoms with Crippen molar-refractivity contribution < 1.29 is 14.3 Å². The van der Waals surface area contributed by atoms with Crippen LogP contribution in [-0.4, -0.2) is 23.5 Å².